The molecule has 9 atom stereocenters. The zero-order valence-corrected chi connectivity index (χ0v) is 22.2. The number of ether oxygens (including phenoxy) is 4. The van der Waals surface area contributed by atoms with E-state index in [1.807, 2.05) is 0 Å². The van der Waals surface area contributed by atoms with Crippen LogP contribution in [0.25, 0.3) is 0 Å². The molecular weight excluding hydrogens is 448 g/mol. The molecule has 0 radical (unpaired) electrons. The van der Waals surface area contributed by atoms with Crippen molar-refractivity contribution in [3.63, 3.8) is 0 Å². The fourth-order valence-corrected chi connectivity index (χ4v) is 5.82. The zero-order chi connectivity index (χ0) is 26.0. The molecule has 2 fully saturated rings. The van der Waals surface area contributed by atoms with E-state index in [4.69, 9.17) is 18.9 Å². The zero-order valence-electron chi connectivity index (χ0n) is 22.2. The number of hydrogen-bond acceptors (Lipinski definition) is 7. The molecule has 0 aromatic carbocycles. The van der Waals surface area contributed by atoms with Gasteiger partial charge in [-0.15, -0.1) is 0 Å². The number of carbonyl (C=O) groups excluding carboxylic acids is 2. The van der Waals surface area contributed by atoms with Gasteiger partial charge in [0.1, 0.15) is 6.10 Å². The Hall–Kier alpha value is -1.96. The molecule has 0 aromatic heterocycles. The molecule has 7 nitrogen and oxygen atoms in total. The fourth-order valence-electron chi connectivity index (χ4n) is 5.82. The van der Waals surface area contributed by atoms with Crippen LogP contribution in [0.15, 0.2) is 35.5 Å². The van der Waals surface area contributed by atoms with Gasteiger partial charge in [-0.2, -0.15) is 0 Å². The third kappa shape index (κ3) is 6.07. The summed E-state index contributed by atoms with van der Waals surface area (Å²) in [5, 5.41) is 10.8. The van der Waals surface area contributed by atoms with E-state index < -0.39 is 42.6 Å². The van der Waals surface area contributed by atoms with Crippen molar-refractivity contribution in [2.45, 2.75) is 105 Å². The van der Waals surface area contributed by atoms with E-state index in [0.717, 1.165) is 12.8 Å². The number of fused-ring (bicyclic) bond motifs is 1. The highest BCUT2D eigenvalue weighted by atomic mass is 16.7. The topological polar surface area (TPSA) is 91.3 Å². The maximum absolute atomic E-state index is 12.6. The molecule has 1 saturated heterocycles. The molecule has 1 heterocycles. The Labute approximate surface area is 209 Å². The molecule has 3 rings (SSSR count). The molecule has 196 valence electrons. The molecule has 0 aromatic rings. The van der Waals surface area contributed by atoms with Gasteiger partial charge in [0.15, 0.2) is 18.5 Å². The second-order valence-electron chi connectivity index (χ2n) is 10.7. The number of esters is 2. The van der Waals surface area contributed by atoms with Gasteiger partial charge in [0.05, 0.1) is 12.2 Å². The molecule has 1 N–H and O–H groups in total. The summed E-state index contributed by atoms with van der Waals surface area (Å²) in [5.74, 6) is 0.152. The number of aliphatic hydroxyl groups is 1. The summed E-state index contributed by atoms with van der Waals surface area (Å²) in [5.41, 5.74) is 2.95. The monoisotopic (exact) mass is 490 g/mol. The van der Waals surface area contributed by atoms with Crippen LogP contribution in [0.3, 0.4) is 0 Å². The summed E-state index contributed by atoms with van der Waals surface area (Å²) in [6, 6.07) is 0. The van der Waals surface area contributed by atoms with Gasteiger partial charge in [0, 0.05) is 12.5 Å². The molecule has 0 bridgehead atoms. The minimum atomic E-state index is -1.18. The van der Waals surface area contributed by atoms with Crippen molar-refractivity contribution >= 4 is 11.9 Å². The lowest BCUT2D eigenvalue weighted by atomic mass is 9.61. The number of hydrogen-bond donors (Lipinski definition) is 1. The summed E-state index contributed by atoms with van der Waals surface area (Å²) < 4.78 is 23.8. The number of rotatable bonds is 6. The summed E-state index contributed by atoms with van der Waals surface area (Å²) in [7, 11) is 0. The summed E-state index contributed by atoms with van der Waals surface area (Å²) in [6.45, 7) is 17.3. The van der Waals surface area contributed by atoms with Crippen LogP contribution in [0.2, 0.25) is 0 Å². The lowest BCUT2D eigenvalue weighted by molar-refractivity contribution is -0.315. The van der Waals surface area contributed by atoms with Crippen LogP contribution in [0, 0.1) is 23.7 Å². The first-order valence-electron chi connectivity index (χ1n) is 12.8. The SMILES string of the molecule is C=C1C[C@@H](O[C@@H]2O[C@H](C)[C@H](O)[C@H](OC(=O)/C(C)=C/C)[C@H]2OC(C)=O)[C@@H](C(C)C)[C@@H]2C=C(C)CC[C@@H]12. The van der Waals surface area contributed by atoms with Crippen LogP contribution in [-0.2, 0) is 28.5 Å². The van der Waals surface area contributed by atoms with Crippen LogP contribution in [0.1, 0.15) is 67.7 Å². The van der Waals surface area contributed by atoms with Gasteiger partial charge in [-0.05, 0) is 70.6 Å². The van der Waals surface area contributed by atoms with E-state index in [0.29, 0.717) is 29.7 Å². The number of aliphatic hydroxyl groups excluding tert-OH is 1. The standard InChI is InChI=1S/C28H42O7/c1-9-16(5)27(31)35-25-24(30)18(7)32-28(26(25)33-19(8)29)34-22-13-17(6)20-11-10-15(4)12-21(20)23(22)14(2)3/h9,12,14,18,20-26,28,30H,6,10-11,13H2,1-5,7-8H3/b16-9+/t18-,20+,21-,22-,23+,24+,25+,26-,28+/m1/s1. The summed E-state index contributed by atoms with van der Waals surface area (Å²) in [4.78, 5) is 24.6. The van der Waals surface area contributed by atoms with Crippen LogP contribution in [0.4, 0.5) is 0 Å². The van der Waals surface area contributed by atoms with Crippen molar-refractivity contribution in [1.82, 2.24) is 0 Å². The van der Waals surface area contributed by atoms with Gasteiger partial charge in [-0.25, -0.2) is 4.79 Å². The van der Waals surface area contributed by atoms with Crippen LogP contribution in [0.5, 0.6) is 0 Å². The Morgan fingerprint density at radius 3 is 2.51 bits per heavy atom. The molecule has 35 heavy (non-hydrogen) atoms. The Bertz CT molecular complexity index is 873. The minimum Gasteiger partial charge on any atom is -0.453 e. The molecule has 1 aliphatic heterocycles. The first-order valence-corrected chi connectivity index (χ1v) is 12.8. The highest BCUT2D eigenvalue weighted by Crippen LogP contribution is 2.49. The molecule has 3 aliphatic rings. The smallest absolute Gasteiger partial charge is 0.333 e. The van der Waals surface area contributed by atoms with Gasteiger partial charge in [0.2, 0.25) is 0 Å². The van der Waals surface area contributed by atoms with E-state index in [-0.39, 0.29) is 12.0 Å². The third-order valence-electron chi connectivity index (χ3n) is 7.79. The number of carbonyl (C=O) groups is 2. The lowest BCUT2D eigenvalue weighted by Gasteiger charge is -2.49. The Balaban J connectivity index is 1.91. The van der Waals surface area contributed by atoms with Crippen molar-refractivity contribution < 1.29 is 33.6 Å². The van der Waals surface area contributed by atoms with Crippen molar-refractivity contribution in [3.05, 3.63) is 35.5 Å². The maximum Gasteiger partial charge on any atom is 0.333 e. The highest BCUT2D eigenvalue weighted by Gasteiger charge is 2.51. The third-order valence-corrected chi connectivity index (χ3v) is 7.79. The normalized spacial score (nSPS) is 38.0. The first kappa shape index (κ1) is 27.6. The van der Waals surface area contributed by atoms with E-state index in [9.17, 15) is 14.7 Å². The van der Waals surface area contributed by atoms with E-state index in [1.54, 1.807) is 26.8 Å². The second kappa shape index (κ2) is 11.4. The summed E-state index contributed by atoms with van der Waals surface area (Å²) >= 11 is 0. The minimum absolute atomic E-state index is 0.218. The molecule has 0 unspecified atom stereocenters. The average molecular weight is 491 g/mol. The van der Waals surface area contributed by atoms with Gasteiger partial charge in [-0.3, -0.25) is 4.79 Å². The van der Waals surface area contributed by atoms with Crippen molar-refractivity contribution in [2.75, 3.05) is 0 Å². The second-order valence-corrected chi connectivity index (χ2v) is 10.7. The summed E-state index contributed by atoms with van der Waals surface area (Å²) in [6.07, 6.45) is 1.57. The highest BCUT2D eigenvalue weighted by molar-refractivity contribution is 5.87. The van der Waals surface area contributed by atoms with Gasteiger partial charge in [-0.1, -0.05) is 43.7 Å². The van der Waals surface area contributed by atoms with Gasteiger partial charge < -0.3 is 24.1 Å². The van der Waals surface area contributed by atoms with E-state index >= 15 is 0 Å². The van der Waals surface area contributed by atoms with Gasteiger partial charge in [0.25, 0.3) is 0 Å². The first-order chi connectivity index (χ1) is 16.4. The maximum atomic E-state index is 12.6. The largest absolute Gasteiger partial charge is 0.453 e. The average Bonchev–Trinajstić information content (AvgIpc) is 2.78. The Morgan fingerprint density at radius 1 is 1.23 bits per heavy atom. The van der Waals surface area contributed by atoms with Crippen molar-refractivity contribution in [3.8, 4) is 0 Å². The van der Waals surface area contributed by atoms with Gasteiger partial charge >= 0.3 is 11.9 Å². The molecule has 0 spiro atoms. The Morgan fingerprint density at radius 2 is 1.91 bits per heavy atom. The van der Waals surface area contributed by atoms with Crippen LogP contribution in [-0.4, -0.2) is 53.9 Å². The molecule has 7 heteroatoms. The van der Waals surface area contributed by atoms with Crippen molar-refractivity contribution in [2.24, 2.45) is 23.7 Å². The molecule has 2 aliphatic carbocycles. The predicted octanol–water partition coefficient (Wildman–Crippen LogP) is 4.49. The Kier molecular flexibility index (Phi) is 9.00. The van der Waals surface area contributed by atoms with Crippen LogP contribution >= 0.6 is 0 Å². The lowest BCUT2D eigenvalue weighted by Crippen LogP contribution is -2.61. The van der Waals surface area contributed by atoms with Crippen LogP contribution < -0.4 is 0 Å². The fraction of sp³-hybridized carbons (Fsp3) is 0.714. The molecule has 1 saturated carbocycles. The van der Waals surface area contributed by atoms with E-state index in [2.05, 4.69) is 33.4 Å². The van der Waals surface area contributed by atoms with E-state index in [1.165, 1.54) is 18.1 Å². The quantitative estimate of drug-likeness (QED) is 0.333. The molecule has 0 amide bonds. The number of allylic oxidation sites excluding steroid dienone is 3. The van der Waals surface area contributed by atoms with Crippen molar-refractivity contribution in [1.29, 1.82) is 0 Å². The predicted molar refractivity (Wildman–Crippen MR) is 132 cm³/mol. The molecular formula is C28H42O7.